The first-order chi connectivity index (χ1) is 6.81. The Hall–Kier alpha value is -0.803. The van der Waals surface area contributed by atoms with Gasteiger partial charge in [-0.05, 0) is 51.8 Å². The van der Waals surface area contributed by atoms with Gasteiger partial charge in [-0.1, -0.05) is 11.3 Å². The van der Waals surface area contributed by atoms with E-state index in [2.05, 4.69) is 10.2 Å². The van der Waals surface area contributed by atoms with E-state index in [-0.39, 0.29) is 5.60 Å². The van der Waals surface area contributed by atoms with E-state index in [1.807, 2.05) is 46.8 Å². The summed E-state index contributed by atoms with van der Waals surface area (Å²) in [6.07, 6.45) is 0. The maximum Gasteiger partial charge on any atom is 0.168 e. The average Bonchev–Trinajstić information content (AvgIpc) is 2.12. The molecular weight excluding hydrogens is 204 g/mol. The van der Waals surface area contributed by atoms with E-state index in [1.54, 1.807) is 0 Å². The summed E-state index contributed by atoms with van der Waals surface area (Å²) < 4.78 is 0. The molecule has 0 fully saturated rings. The van der Waals surface area contributed by atoms with E-state index in [4.69, 9.17) is 9.78 Å². The van der Waals surface area contributed by atoms with Crippen LogP contribution in [-0.4, -0.2) is 15.8 Å². The van der Waals surface area contributed by atoms with Gasteiger partial charge in [0.1, 0.15) is 5.60 Å². The molecule has 1 aromatic rings. The van der Waals surface area contributed by atoms with Gasteiger partial charge in [-0.3, -0.25) is 0 Å². The molecule has 0 aliphatic carbocycles. The minimum Gasteiger partial charge on any atom is -0.337 e. The van der Waals surface area contributed by atoms with Gasteiger partial charge in [-0.15, -0.1) is 0 Å². The smallest absolute Gasteiger partial charge is 0.168 e. The fourth-order valence-corrected chi connectivity index (χ4v) is 1.33. The summed E-state index contributed by atoms with van der Waals surface area (Å²) in [5.74, 6) is 0.768. The van der Waals surface area contributed by atoms with Crippen molar-refractivity contribution in [2.45, 2.75) is 40.2 Å². The molecule has 3 radical (unpaired) electrons. The molecule has 0 N–H and O–H groups in total. The van der Waals surface area contributed by atoms with Crippen molar-refractivity contribution in [1.29, 1.82) is 0 Å². The van der Waals surface area contributed by atoms with Crippen molar-refractivity contribution >= 4 is 15.4 Å². The molecule has 0 saturated carbocycles. The lowest BCUT2D eigenvalue weighted by Crippen LogP contribution is -2.22. The molecule has 0 atom stereocenters. The molecule has 0 aromatic heterocycles. The van der Waals surface area contributed by atoms with Crippen molar-refractivity contribution in [3.8, 4) is 5.75 Å². The first-order valence-corrected chi connectivity index (χ1v) is 5.49. The standard InChI is InChI=1S/C12H17O2Si/c1-8-9(2)11(15)7-6-10(8)13-14-12(3,4)5/h6-7H,1-5H3. The van der Waals surface area contributed by atoms with Gasteiger partial charge in [-0.2, -0.15) is 4.89 Å². The maximum absolute atomic E-state index is 5.32. The summed E-state index contributed by atoms with van der Waals surface area (Å²) in [6.45, 7) is 9.91. The predicted molar refractivity (Wildman–Crippen MR) is 62.8 cm³/mol. The quantitative estimate of drug-likeness (QED) is 0.433. The molecule has 15 heavy (non-hydrogen) atoms. The van der Waals surface area contributed by atoms with E-state index in [1.165, 1.54) is 5.56 Å². The Morgan fingerprint density at radius 3 is 2.20 bits per heavy atom. The largest absolute Gasteiger partial charge is 0.337 e. The molecule has 0 amide bonds. The molecular formula is C12H17O2Si. The second-order valence-electron chi connectivity index (χ2n) is 4.64. The van der Waals surface area contributed by atoms with E-state index >= 15 is 0 Å². The number of hydrogen-bond acceptors (Lipinski definition) is 2. The number of hydrogen-bond donors (Lipinski definition) is 0. The highest BCUT2D eigenvalue weighted by atomic mass is 28.1. The van der Waals surface area contributed by atoms with Crippen molar-refractivity contribution in [2.24, 2.45) is 0 Å². The molecule has 1 aromatic carbocycles. The second-order valence-corrected chi connectivity index (χ2v) is 5.18. The Labute approximate surface area is 94.9 Å². The minimum absolute atomic E-state index is 0.299. The van der Waals surface area contributed by atoms with Crippen molar-refractivity contribution in [1.82, 2.24) is 0 Å². The highest BCUT2D eigenvalue weighted by molar-refractivity contribution is 6.33. The molecule has 0 saturated heterocycles. The van der Waals surface area contributed by atoms with Gasteiger partial charge in [0.2, 0.25) is 0 Å². The van der Waals surface area contributed by atoms with E-state index < -0.39 is 0 Å². The van der Waals surface area contributed by atoms with E-state index in [0.717, 1.165) is 16.5 Å². The van der Waals surface area contributed by atoms with Crippen LogP contribution in [0.2, 0.25) is 0 Å². The third-order valence-electron chi connectivity index (χ3n) is 2.12. The predicted octanol–water partition coefficient (Wildman–Crippen LogP) is 2.21. The van der Waals surface area contributed by atoms with Gasteiger partial charge in [0.25, 0.3) is 0 Å². The number of rotatable bonds is 2. The van der Waals surface area contributed by atoms with Crippen LogP contribution in [0.3, 0.4) is 0 Å². The lowest BCUT2D eigenvalue weighted by molar-refractivity contribution is -0.274. The third kappa shape index (κ3) is 3.36. The van der Waals surface area contributed by atoms with Crippen LogP contribution in [-0.2, 0) is 4.89 Å². The Morgan fingerprint density at radius 1 is 1.07 bits per heavy atom. The lowest BCUT2D eigenvalue weighted by Gasteiger charge is -2.19. The van der Waals surface area contributed by atoms with Gasteiger partial charge >= 0.3 is 0 Å². The summed E-state index contributed by atoms with van der Waals surface area (Å²) in [5, 5.41) is 1.08. The highest BCUT2D eigenvalue weighted by Gasteiger charge is 2.14. The van der Waals surface area contributed by atoms with Crippen molar-refractivity contribution in [3.63, 3.8) is 0 Å². The van der Waals surface area contributed by atoms with Crippen LogP contribution in [0.4, 0.5) is 0 Å². The average molecular weight is 221 g/mol. The summed E-state index contributed by atoms with van der Waals surface area (Å²) in [4.78, 5) is 10.6. The van der Waals surface area contributed by atoms with Crippen LogP contribution < -0.4 is 10.1 Å². The van der Waals surface area contributed by atoms with Gasteiger partial charge in [0.15, 0.2) is 5.75 Å². The third-order valence-corrected chi connectivity index (χ3v) is 2.66. The number of benzene rings is 1. The highest BCUT2D eigenvalue weighted by Crippen LogP contribution is 2.21. The summed E-state index contributed by atoms with van der Waals surface area (Å²) in [6, 6.07) is 3.86. The topological polar surface area (TPSA) is 18.5 Å². The summed E-state index contributed by atoms with van der Waals surface area (Å²) in [7, 11) is 3.53. The summed E-state index contributed by atoms with van der Waals surface area (Å²) in [5.41, 5.74) is 1.96. The first kappa shape index (κ1) is 12.3. The van der Waals surface area contributed by atoms with Crippen LogP contribution >= 0.6 is 0 Å². The van der Waals surface area contributed by atoms with Crippen LogP contribution in [0.15, 0.2) is 12.1 Å². The molecule has 81 valence electrons. The normalized spacial score (nSPS) is 11.6. The van der Waals surface area contributed by atoms with Crippen LogP contribution in [0.5, 0.6) is 5.75 Å². The fraction of sp³-hybridized carbons (Fsp3) is 0.500. The lowest BCUT2D eigenvalue weighted by atomic mass is 10.1. The molecule has 0 bridgehead atoms. The molecule has 3 heteroatoms. The van der Waals surface area contributed by atoms with Crippen LogP contribution in [0, 0.1) is 13.8 Å². The van der Waals surface area contributed by atoms with Gasteiger partial charge < -0.3 is 4.89 Å². The van der Waals surface area contributed by atoms with E-state index in [9.17, 15) is 0 Å². The Balaban J connectivity index is 2.83. The van der Waals surface area contributed by atoms with E-state index in [0.29, 0.717) is 0 Å². The van der Waals surface area contributed by atoms with Crippen molar-refractivity contribution in [3.05, 3.63) is 23.3 Å². The zero-order valence-electron chi connectivity index (χ0n) is 9.97. The van der Waals surface area contributed by atoms with Crippen LogP contribution in [0.1, 0.15) is 31.9 Å². The van der Waals surface area contributed by atoms with Crippen molar-refractivity contribution < 1.29 is 9.78 Å². The fourth-order valence-electron chi connectivity index (χ4n) is 1.06. The molecule has 1 rings (SSSR count). The zero-order chi connectivity index (χ0) is 11.6. The van der Waals surface area contributed by atoms with Gasteiger partial charge in [0, 0.05) is 0 Å². The Morgan fingerprint density at radius 2 is 1.67 bits per heavy atom. The second kappa shape index (κ2) is 4.37. The van der Waals surface area contributed by atoms with Crippen LogP contribution in [0.25, 0.3) is 0 Å². The summed E-state index contributed by atoms with van der Waals surface area (Å²) >= 11 is 0. The molecule has 0 unspecified atom stereocenters. The molecule has 0 heterocycles. The first-order valence-electron chi connectivity index (χ1n) is 4.99. The SMILES string of the molecule is Cc1c([Si])ccc(OOC(C)(C)C)c1C. The zero-order valence-corrected chi connectivity index (χ0v) is 11.0. The van der Waals surface area contributed by atoms with Gasteiger partial charge in [-0.25, -0.2) is 0 Å². The van der Waals surface area contributed by atoms with Crippen molar-refractivity contribution in [2.75, 3.05) is 0 Å². The Bertz CT molecular complexity index is 353. The maximum atomic E-state index is 5.32. The molecule has 0 aliphatic heterocycles. The molecule has 0 aliphatic rings. The Kier molecular flexibility index (Phi) is 3.57. The molecule has 2 nitrogen and oxygen atoms in total. The molecule has 0 spiro atoms. The van der Waals surface area contributed by atoms with Gasteiger partial charge in [0.05, 0.1) is 10.2 Å². The minimum atomic E-state index is -0.299. The monoisotopic (exact) mass is 221 g/mol.